The van der Waals surface area contributed by atoms with E-state index < -0.39 is 6.09 Å². The highest BCUT2D eigenvalue weighted by Gasteiger charge is 2.07. The molecular formula is C14H13NO4. The van der Waals surface area contributed by atoms with E-state index in [1.54, 1.807) is 37.3 Å². The quantitative estimate of drug-likeness (QED) is 0.855. The van der Waals surface area contributed by atoms with E-state index in [4.69, 9.17) is 9.15 Å². The maximum atomic E-state index is 11.3. The van der Waals surface area contributed by atoms with Crippen molar-refractivity contribution in [2.75, 3.05) is 11.9 Å². The number of carbonyl (C=O) groups excluding carboxylic acids is 2. The minimum absolute atomic E-state index is 0.263. The molecule has 0 saturated carbocycles. The number of anilines is 1. The van der Waals surface area contributed by atoms with Crippen molar-refractivity contribution in [1.29, 1.82) is 0 Å². The summed E-state index contributed by atoms with van der Waals surface area (Å²) in [6.07, 6.45) is 0.136. The van der Waals surface area contributed by atoms with Crippen LogP contribution in [0.15, 0.2) is 40.8 Å². The van der Waals surface area contributed by atoms with Gasteiger partial charge in [-0.25, -0.2) is 4.79 Å². The number of rotatable bonds is 4. The molecule has 5 nitrogen and oxygen atoms in total. The van der Waals surface area contributed by atoms with E-state index in [-0.39, 0.29) is 5.76 Å². The van der Waals surface area contributed by atoms with E-state index in [1.165, 1.54) is 0 Å². The lowest BCUT2D eigenvalue weighted by atomic mass is 10.1. The minimum Gasteiger partial charge on any atom is -0.453 e. The number of nitrogens with one attached hydrogen (secondary N) is 1. The average molecular weight is 259 g/mol. The summed E-state index contributed by atoms with van der Waals surface area (Å²) >= 11 is 0. The Morgan fingerprint density at radius 2 is 2.21 bits per heavy atom. The summed E-state index contributed by atoms with van der Waals surface area (Å²) in [5, 5.41) is 2.60. The van der Waals surface area contributed by atoms with Gasteiger partial charge in [-0.05, 0) is 31.2 Å². The van der Waals surface area contributed by atoms with Crippen molar-refractivity contribution in [3.8, 4) is 11.3 Å². The zero-order valence-electron chi connectivity index (χ0n) is 10.4. The van der Waals surface area contributed by atoms with Crippen LogP contribution >= 0.6 is 0 Å². The molecule has 2 rings (SSSR count). The normalized spacial score (nSPS) is 9.95. The Labute approximate surface area is 110 Å². The SMILES string of the molecule is CCOC(=O)Nc1cccc(-c2ccc(C=O)o2)c1. The first-order chi connectivity index (χ1) is 9.22. The van der Waals surface area contributed by atoms with Crippen molar-refractivity contribution < 1.29 is 18.7 Å². The van der Waals surface area contributed by atoms with Crippen LogP contribution in [0.25, 0.3) is 11.3 Å². The third kappa shape index (κ3) is 3.22. The third-order valence-corrected chi connectivity index (χ3v) is 2.41. The molecule has 0 spiro atoms. The fourth-order valence-corrected chi connectivity index (χ4v) is 1.61. The molecule has 0 unspecified atom stereocenters. The van der Waals surface area contributed by atoms with Crippen LogP contribution in [0, 0.1) is 0 Å². The van der Waals surface area contributed by atoms with Gasteiger partial charge in [0, 0.05) is 11.3 Å². The van der Waals surface area contributed by atoms with Crippen molar-refractivity contribution in [2.24, 2.45) is 0 Å². The Morgan fingerprint density at radius 1 is 1.37 bits per heavy atom. The average Bonchev–Trinajstić information content (AvgIpc) is 2.88. The molecule has 0 bridgehead atoms. The molecule has 1 heterocycles. The second-order valence-electron chi connectivity index (χ2n) is 3.75. The third-order valence-electron chi connectivity index (χ3n) is 2.41. The van der Waals surface area contributed by atoms with Gasteiger partial charge < -0.3 is 9.15 Å². The van der Waals surface area contributed by atoms with Gasteiger partial charge in [0.15, 0.2) is 12.0 Å². The molecule has 2 aromatic rings. The molecule has 98 valence electrons. The zero-order valence-corrected chi connectivity index (χ0v) is 10.4. The monoisotopic (exact) mass is 259 g/mol. The molecule has 5 heteroatoms. The van der Waals surface area contributed by atoms with Crippen LogP contribution in [0.2, 0.25) is 0 Å². The predicted molar refractivity (Wildman–Crippen MR) is 70.2 cm³/mol. The number of hydrogen-bond donors (Lipinski definition) is 1. The second-order valence-corrected chi connectivity index (χ2v) is 3.75. The number of furan rings is 1. The van der Waals surface area contributed by atoms with Crippen LogP contribution in [0.1, 0.15) is 17.5 Å². The first-order valence-corrected chi connectivity index (χ1v) is 5.82. The first-order valence-electron chi connectivity index (χ1n) is 5.82. The molecule has 1 aromatic heterocycles. The van der Waals surface area contributed by atoms with Gasteiger partial charge in [-0.15, -0.1) is 0 Å². The van der Waals surface area contributed by atoms with Gasteiger partial charge in [0.25, 0.3) is 0 Å². The maximum absolute atomic E-state index is 11.3. The summed E-state index contributed by atoms with van der Waals surface area (Å²) in [5.74, 6) is 0.827. The summed E-state index contributed by atoms with van der Waals surface area (Å²) < 4.78 is 10.1. The van der Waals surface area contributed by atoms with Crippen molar-refractivity contribution >= 4 is 18.1 Å². The van der Waals surface area contributed by atoms with Gasteiger partial charge in [-0.3, -0.25) is 10.1 Å². The smallest absolute Gasteiger partial charge is 0.411 e. The van der Waals surface area contributed by atoms with E-state index in [9.17, 15) is 9.59 Å². The molecule has 0 radical (unpaired) electrons. The van der Waals surface area contributed by atoms with Crippen molar-refractivity contribution in [1.82, 2.24) is 0 Å². The molecule has 0 aliphatic carbocycles. The summed E-state index contributed by atoms with van der Waals surface area (Å²) in [5.41, 5.74) is 1.36. The predicted octanol–water partition coefficient (Wildman–Crippen LogP) is 3.33. The van der Waals surface area contributed by atoms with Crippen LogP contribution in [-0.2, 0) is 4.74 Å². The first kappa shape index (κ1) is 12.9. The summed E-state index contributed by atoms with van der Waals surface area (Å²) in [7, 11) is 0. The lowest BCUT2D eigenvalue weighted by molar-refractivity contribution is 0.110. The van der Waals surface area contributed by atoms with Gasteiger partial charge in [-0.2, -0.15) is 0 Å². The number of carbonyl (C=O) groups is 2. The van der Waals surface area contributed by atoms with Crippen LogP contribution in [-0.4, -0.2) is 19.0 Å². The fraction of sp³-hybridized carbons (Fsp3) is 0.143. The summed E-state index contributed by atoms with van der Waals surface area (Å²) in [6, 6.07) is 10.4. The molecule has 0 atom stereocenters. The molecule has 0 saturated heterocycles. The second kappa shape index (κ2) is 5.86. The Hall–Kier alpha value is -2.56. The topological polar surface area (TPSA) is 68.5 Å². The van der Waals surface area contributed by atoms with Gasteiger partial charge in [-0.1, -0.05) is 12.1 Å². The van der Waals surface area contributed by atoms with E-state index in [1.807, 2.05) is 6.07 Å². The molecule has 0 aliphatic rings. The Balaban J connectivity index is 2.19. The molecule has 0 fully saturated rings. The molecule has 19 heavy (non-hydrogen) atoms. The van der Waals surface area contributed by atoms with Crippen molar-refractivity contribution in [3.63, 3.8) is 0 Å². The molecule has 0 aliphatic heterocycles. The number of amides is 1. The highest BCUT2D eigenvalue weighted by Crippen LogP contribution is 2.24. The zero-order chi connectivity index (χ0) is 13.7. The van der Waals surface area contributed by atoms with Crippen LogP contribution in [0.4, 0.5) is 10.5 Å². The van der Waals surface area contributed by atoms with E-state index >= 15 is 0 Å². The molecular weight excluding hydrogens is 246 g/mol. The highest BCUT2D eigenvalue weighted by atomic mass is 16.5. The van der Waals surface area contributed by atoms with Crippen LogP contribution < -0.4 is 5.32 Å². The molecule has 1 N–H and O–H groups in total. The number of aldehydes is 1. The summed E-state index contributed by atoms with van der Waals surface area (Å²) in [4.78, 5) is 21.9. The minimum atomic E-state index is -0.507. The van der Waals surface area contributed by atoms with Gasteiger partial charge in [0.1, 0.15) is 5.76 Å². The van der Waals surface area contributed by atoms with Crippen molar-refractivity contribution in [2.45, 2.75) is 6.92 Å². The number of ether oxygens (including phenoxy) is 1. The maximum Gasteiger partial charge on any atom is 0.411 e. The fourth-order valence-electron chi connectivity index (χ4n) is 1.61. The van der Waals surface area contributed by atoms with E-state index in [0.717, 1.165) is 5.56 Å². The Morgan fingerprint density at radius 3 is 2.89 bits per heavy atom. The molecule has 1 aromatic carbocycles. The van der Waals surface area contributed by atoms with E-state index in [2.05, 4.69) is 5.32 Å². The lowest BCUT2D eigenvalue weighted by Gasteiger charge is -2.06. The van der Waals surface area contributed by atoms with Crippen LogP contribution in [0.5, 0.6) is 0 Å². The highest BCUT2D eigenvalue weighted by molar-refractivity contribution is 5.85. The Kier molecular flexibility index (Phi) is 3.97. The molecule has 1 amide bonds. The van der Waals surface area contributed by atoms with Crippen LogP contribution in [0.3, 0.4) is 0 Å². The van der Waals surface area contributed by atoms with Gasteiger partial charge >= 0.3 is 6.09 Å². The number of hydrogen-bond acceptors (Lipinski definition) is 4. The standard InChI is InChI=1S/C14H13NO4/c1-2-18-14(17)15-11-5-3-4-10(8-11)13-7-6-12(9-16)19-13/h3-9H,2H2,1H3,(H,15,17). The number of benzene rings is 1. The van der Waals surface area contributed by atoms with Crippen molar-refractivity contribution in [3.05, 3.63) is 42.2 Å². The lowest BCUT2D eigenvalue weighted by Crippen LogP contribution is -2.13. The summed E-state index contributed by atoms with van der Waals surface area (Å²) in [6.45, 7) is 2.05. The van der Waals surface area contributed by atoms with E-state index in [0.29, 0.717) is 24.3 Å². The Bertz CT molecular complexity index is 589. The largest absolute Gasteiger partial charge is 0.453 e. The van der Waals surface area contributed by atoms with Gasteiger partial charge in [0.2, 0.25) is 0 Å². The van der Waals surface area contributed by atoms with Gasteiger partial charge in [0.05, 0.1) is 6.61 Å².